The summed E-state index contributed by atoms with van der Waals surface area (Å²) in [6.07, 6.45) is 0. The summed E-state index contributed by atoms with van der Waals surface area (Å²) in [5.74, 6) is -0.113. The van der Waals surface area contributed by atoms with Gasteiger partial charge in [0.05, 0.1) is 17.6 Å². The summed E-state index contributed by atoms with van der Waals surface area (Å²) in [7, 11) is 1.69. The summed E-state index contributed by atoms with van der Waals surface area (Å²) in [6, 6.07) is 12.1. The Kier molecular flexibility index (Phi) is 5.75. The summed E-state index contributed by atoms with van der Waals surface area (Å²) in [6.45, 7) is 5.99. The van der Waals surface area contributed by atoms with Gasteiger partial charge in [-0.25, -0.2) is 0 Å². The molecule has 1 amide bonds. The first-order chi connectivity index (χ1) is 11.8. The lowest BCUT2D eigenvalue weighted by Gasteiger charge is -2.25. The van der Waals surface area contributed by atoms with Crippen LogP contribution < -0.4 is 4.74 Å². The molecule has 0 aliphatic carbocycles. The number of carbonyl (C=O) groups is 1. The van der Waals surface area contributed by atoms with Crippen molar-refractivity contribution in [2.45, 2.75) is 26.8 Å². The molecule has 1 unspecified atom stereocenters. The monoisotopic (exact) mass is 342 g/mol. The zero-order valence-electron chi connectivity index (χ0n) is 14.9. The first-order valence-electron chi connectivity index (χ1n) is 8.10. The van der Waals surface area contributed by atoms with E-state index in [0.717, 1.165) is 11.1 Å². The van der Waals surface area contributed by atoms with Crippen LogP contribution in [0.3, 0.4) is 0 Å². The average Bonchev–Trinajstić information content (AvgIpc) is 2.61. The van der Waals surface area contributed by atoms with Crippen LogP contribution in [0.1, 0.15) is 41.4 Å². The van der Waals surface area contributed by atoms with Crippen molar-refractivity contribution in [1.29, 1.82) is 0 Å². The zero-order valence-corrected chi connectivity index (χ0v) is 14.9. The predicted molar refractivity (Wildman–Crippen MR) is 96.0 cm³/mol. The highest BCUT2D eigenvalue weighted by atomic mass is 16.6. The minimum absolute atomic E-state index is 0.154. The normalized spacial score (nSPS) is 11.7. The summed E-state index contributed by atoms with van der Waals surface area (Å²) in [5.41, 5.74) is 2.20. The number of nitro benzene ring substituents is 1. The Hall–Kier alpha value is -2.89. The molecule has 0 N–H and O–H groups in total. The molecule has 25 heavy (non-hydrogen) atoms. The van der Waals surface area contributed by atoms with E-state index in [9.17, 15) is 14.9 Å². The van der Waals surface area contributed by atoms with Gasteiger partial charge in [-0.3, -0.25) is 14.9 Å². The number of nitrogens with zero attached hydrogens (tertiary/aromatic N) is 2. The topological polar surface area (TPSA) is 72.7 Å². The van der Waals surface area contributed by atoms with Crippen LogP contribution in [0.15, 0.2) is 42.5 Å². The Bertz CT molecular complexity index is 771. The maximum Gasteiger partial charge on any atom is 0.311 e. The number of hydrogen-bond donors (Lipinski definition) is 0. The third-order valence-corrected chi connectivity index (χ3v) is 4.16. The Balaban J connectivity index is 2.28. The number of aryl methyl sites for hydroxylation is 1. The lowest BCUT2D eigenvalue weighted by molar-refractivity contribution is -0.385. The van der Waals surface area contributed by atoms with Gasteiger partial charge in [0, 0.05) is 18.7 Å². The third kappa shape index (κ3) is 4.15. The molecular weight excluding hydrogens is 320 g/mol. The molecular formula is C19H22N2O4. The fourth-order valence-electron chi connectivity index (χ4n) is 2.52. The van der Waals surface area contributed by atoms with Gasteiger partial charge in [-0.2, -0.15) is 0 Å². The largest absolute Gasteiger partial charge is 0.487 e. The fraction of sp³-hybridized carbons (Fsp3) is 0.316. The van der Waals surface area contributed by atoms with E-state index in [1.807, 2.05) is 38.1 Å². The van der Waals surface area contributed by atoms with Gasteiger partial charge in [0.15, 0.2) is 5.75 Å². The van der Waals surface area contributed by atoms with E-state index in [1.165, 1.54) is 12.1 Å². The average molecular weight is 342 g/mol. The highest BCUT2D eigenvalue weighted by Gasteiger charge is 2.23. The quantitative estimate of drug-likeness (QED) is 0.584. The van der Waals surface area contributed by atoms with Crippen LogP contribution in [0.5, 0.6) is 5.75 Å². The van der Waals surface area contributed by atoms with Gasteiger partial charge in [0.1, 0.15) is 0 Å². The number of benzene rings is 2. The van der Waals surface area contributed by atoms with Crippen molar-refractivity contribution in [1.82, 2.24) is 4.90 Å². The van der Waals surface area contributed by atoms with Crippen molar-refractivity contribution in [3.05, 3.63) is 69.3 Å². The Labute approximate surface area is 147 Å². The van der Waals surface area contributed by atoms with Crippen molar-refractivity contribution in [2.24, 2.45) is 0 Å². The van der Waals surface area contributed by atoms with Crippen LogP contribution in [-0.2, 0) is 0 Å². The molecule has 0 aromatic heterocycles. The van der Waals surface area contributed by atoms with E-state index in [4.69, 9.17) is 4.74 Å². The van der Waals surface area contributed by atoms with Gasteiger partial charge < -0.3 is 9.64 Å². The molecule has 0 spiro atoms. The molecule has 0 aliphatic rings. The third-order valence-electron chi connectivity index (χ3n) is 4.16. The van der Waals surface area contributed by atoms with E-state index in [-0.39, 0.29) is 28.9 Å². The molecule has 2 rings (SSSR count). The lowest BCUT2D eigenvalue weighted by Crippen LogP contribution is -2.29. The molecule has 0 saturated carbocycles. The van der Waals surface area contributed by atoms with E-state index in [0.29, 0.717) is 6.61 Å². The molecule has 132 valence electrons. The number of carbonyl (C=O) groups excluding carboxylic acids is 1. The van der Waals surface area contributed by atoms with Gasteiger partial charge >= 0.3 is 5.69 Å². The second-order valence-corrected chi connectivity index (χ2v) is 5.88. The first-order valence-corrected chi connectivity index (χ1v) is 8.10. The van der Waals surface area contributed by atoms with Crippen LogP contribution in [0, 0.1) is 17.0 Å². The van der Waals surface area contributed by atoms with E-state index < -0.39 is 4.92 Å². The van der Waals surface area contributed by atoms with E-state index in [1.54, 1.807) is 24.9 Å². The minimum atomic E-state index is -0.537. The maximum absolute atomic E-state index is 12.7. The molecule has 6 heteroatoms. The zero-order chi connectivity index (χ0) is 18.6. The van der Waals surface area contributed by atoms with Crippen LogP contribution in [0.2, 0.25) is 0 Å². The van der Waals surface area contributed by atoms with E-state index in [2.05, 4.69) is 0 Å². The maximum atomic E-state index is 12.7. The Morgan fingerprint density at radius 2 is 1.88 bits per heavy atom. The molecule has 2 aromatic carbocycles. The van der Waals surface area contributed by atoms with Crippen LogP contribution in [0.25, 0.3) is 0 Å². The predicted octanol–water partition coefficient (Wildman–Crippen LogP) is 4.14. The number of ether oxygens (including phenoxy) is 1. The highest BCUT2D eigenvalue weighted by Crippen LogP contribution is 2.29. The van der Waals surface area contributed by atoms with Crippen LogP contribution in [-0.4, -0.2) is 29.4 Å². The Morgan fingerprint density at radius 1 is 1.24 bits per heavy atom. The highest BCUT2D eigenvalue weighted by molar-refractivity contribution is 5.95. The summed E-state index contributed by atoms with van der Waals surface area (Å²) in [5, 5.41) is 11.2. The second-order valence-electron chi connectivity index (χ2n) is 5.88. The Morgan fingerprint density at radius 3 is 2.44 bits per heavy atom. The van der Waals surface area contributed by atoms with Crippen molar-refractivity contribution in [3.8, 4) is 5.75 Å². The molecule has 0 saturated heterocycles. The van der Waals surface area contributed by atoms with Crippen molar-refractivity contribution >= 4 is 11.6 Å². The van der Waals surface area contributed by atoms with Crippen molar-refractivity contribution < 1.29 is 14.5 Å². The van der Waals surface area contributed by atoms with Gasteiger partial charge in [0.2, 0.25) is 0 Å². The lowest BCUT2D eigenvalue weighted by atomic mass is 10.0. The molecule has 0 radical (unpaired) electrons. The summed E-state index contributed by atoms with van der Waals surface area (Å²) in [4.78, 5) is 25.0. The molecule has 1 atom stereocenters. The van der Waals surface area contributed by atoms with Crippen molar-refractivity contribution in [3.63, 3.8) is 0 Å². The smallest absolute Gasteiger partial charge is 0.311 e. The molecule has 0 fully saturated rings. The number of hydrogen-bond acceptors (Lipinski definition) is 4. The van der Waals surface area contributed by atoms with Crippen LogP contribution in [0.4, 0.5) is 5.69 Å². The van der Waals surface area contributed by atoms with Crippen LogP contribution >= 0.6 is 0 Å². The molecule has 0 heterocycles. The molecule has 0 aliphatic heterocycles. The van der Waals surface area contributed by atoms with Gasteiger partial charge in [-0.05, 0) is 38.5 Å². The second kappa shape index (κ2) is 7.79. The first kappa shape index (κ1) is 18.4. The summed E-state index contributed by atoms with van der Waals surface area (Å²) >= 11 is 0. The van der Waals surface area contributed by atoms with E-state index >= 15 is 0 Å². The molecule has 6 nitrogen and oxygen atoms in total. The standard InChI is InChI=1S/C19H22N2O4/c1-5-25-18-11-10-16(12-17(18)21(23)24)19(22)20(4)14(3)15-8-6-13(2)7-9-15/h6-12,14H,5H2,1-4H3. The minimum Gasteiger partial charge on any atom is -0.487 e. The SMILES string of the molecule is CCOc1ccc(C(=O)N(C)C(C)c2ccc(C)cc2)cc1[N+](=O)[O-]. The number of amides is 1. The fourth-order valence-corrected chi connectivity index (χ4v) is 2.52. The molecule has 2 aromatic rings. The van der Waals surface area contributed by atoms with Gasteiger partial charge in [-0.15, -0.1) is 0 Å². The summed E-state index contributed by atoms with van der Waals surface area (Å²) < 4.78 is 5.25. The number of rotatable bonds is 6. The number of nitro groups is 1. The molecule has 0 bridgehead atoms. The van der Waals surface area contributed by atoms with Gasteiger partial charge in [0.25, 0.3) is 5.91 Å². The van der Waals surface area contributed by atoms with Crippen molar-refractivity contribution in [2.75, 3.05) is 13.7 Å². The van der Waals surface area contributed by atoms with Gasteiger partial charge in [-0.1, -0.05) is 29.8 Å².